The van der Waals surface area contributed by atoms with Crippen molar-refractivity contribution in [3.05, 3.63) is 23.8 Å². The van der Waals surface area contributed by atoms with Gasteiger partial charge in [0.1, 0.15) is 0 Å². The molecule has 1 aromatic rings. The molecule has 2 heteroatoms. The van der Waals surface area contributed by atoms with E-state index in [4.69, 9.17) is 5.73 Å². The highest BCUT2D eigenvalue weighted by Gasteiger charge is 2.33. The molecule has 1 aliphatic rings. The fourth-order valence-electron chi connectivity index (χ4n) is 2.29. The van der Waals surface area contributed by atoms with Gasteiger partial charge in [-0.15, -0.1) is 0 Å². The number of nitrogens with zero attached hydrogens (tertiary/aromatic N) is 1. The molecule has 1 unspecified atom stereocenters. The largest absolute Gasteiger partial charge is 0.397 e. The Hall–Kier alpha value is -1.18. The summed E-state index contributed by atoms with van der Waals surface area (Å²) in [4.78, 5) is 2.12. The smallest absolute Gasteiger partial charge is 0.0627 e. The number of nitrogen functional groups attached to an aromatic ring is 1. The lowest BCUT2D eigenvalue weighted by molar-refractivity contribution is 0.746. The minimum atomic E-state index is 0.880. The summed E-state index contributed by atoms with van der Waals surface area (Å²) in [6.45, 7) is 2.33. The van der Waals surface area contributed by atoms with Crippen molar-refractivity contribution in [2.45, 2.75) is 19.8 Å². The third-order valence-electron chi connectivity index (χ3n) is 3.36. The van der Waals surface area contributed by atoms with Crippen LogP contribution in [0.4, 0.5) is 11.4 Å². The molecule has 15 heavy (non-hydrogen) atoms. The summed E-state index contributed by atoms with van der Waals surface area (Å²) in [5.41, 5.74) is 9.51. The van der Waals surface area contributed by atoms with Gasteiger partial charge in [-0.25, -0.2) is 0 Å². The van der Waals surface area contributed by atoms with E-state index in [0.717, 1.165) is 17.5 Å². The number of hydrogen-bond donors (Lipinski definition) is 1. The highest BCUT2D eigenvalue weighted by atomic mass is 15.1. The average molecular weight is 204 g/mol. The molecule has 2 nitrogen and oxygen atoms in total. The maximum atomic E-state index is 6.01. The molecule has 82 valence electrons. The maximum absolute atomic E-state index is 6.01. The van der Waals surface area contributed by atoms with Crippen molar-refractivity contribution in [2.24, 2.45) is 11.8 Å². The van der Waals surface area contributed by atoms with Gasteiger partial charge in [0.15, 0.2) is 0 Å². The van der Waals surface area contributed by atoms with Gasteiger partial charge in [0, 0.05) is 14.1 Å². The van der Waals surface area contributed by atoms with Crippen LogP contribution >= 0.6 is 0 Å². The van der Waals surface area contributed by atoms with Crippen molar-refractivity contribution < 1.29 is 0 Å². The first-order valence-corrected chi connectivity index (χ1v) is 5.64. The molecule has 0 radical (unpaired) electrons. The van der Waals surface area contributed by atoms with Crippen molar-refractivity contribution in [1.82, 2.24) is 0 Å². The molecule has 0 bridgehead atoms. The van der Waals surface area contributed by atoms with Crippen LogP contribution in [-0.4, -0.2) is 14.1 Å². The topological polar surface area (TPSA) is 29.3 Å². The van der Waals surface area contributed by atoms with Crippen LogP contribution in [0.25, 0.3) is 0 Å². The lowest BCUT2D eigenvalue weighted by Crippen LogP contribution is -2.14. The summed E-state index contributed by atoms with van der Waals surface area (Å²) in [7, 11) is 4.12. The summed E-state index contributed by atoms with van der Waals surface area (Å²) in [6.07, 6.45) is 2.56. The van der Waals surface area contributed by atoms with Crippen molar-refractivity contribution in [1.29, 1.82) is 0 Å². The Morgan fingerprint density at radius 3 is 2.60 bits per heavy atom. The maximum Gasteiger partial charge on any atom is 0.0627 e. The summed E-state index contributed by atoms with van der Waals surface area (Å²) >= 11 is 0. The highest BCUT2D eigenvalue weighted by Crippen LogP contribution is 2.42. The molecule has 2 rings (SSSR count). The zero-order valence-corrected chi connectivity index (χ0v) is 9.83. The summed E-state index contributed by atoms with van der Waals surface area (Å²) in [5, 5.41) is 0. The molecule has 0 heterocycles. The molecule has 0 spiro atoms. The Labute approximate surface area is 92.1 Å². The van der Waals surface area contributed by atoms with Gasteiger partial charge in [0.25, 0.3) is 0 Å². The fraction of sp³-hybridized carbons (Fsp3) is 0.538. The molecule has 0 amide bonds. The predicted octanol–water partition coefficient (Wildman–Crippen LogP) is 2.53. The number of hydrogen-bond acceptors (Lipinski definition) is 2. The molecule has 0 saturated heterocycles. The highest BCUT2D eigenvalue weighted by molar-refractivity contribution is 5.71. The monoisotopic (exact) mass is 204 g/mol. The van der Waals surface area contributed by atoms with Crippen molar-refractivity contribution >= 4 is 11.4 Å². The van der Waals surface area contributed by atoms with E-state index in [-0.39, 0.29) is 0 Å². The summed E-state index contributed by atoms with van der Waals surface area (Å²) in [5.74, 6) is 1.78. The van der Waals surface area contributed by atoms with E-state index >= 15 is 0 Å². The molecule has 1 aromatic carbocycles. The minimum absolute atomic E-state index is 0.880. The number of anilines is 2. The first-order valence-electron chi connectivity index (χ1n) is 5.64. The zero-order valence-electron chi connectivity index (χ0n) is 9.83. The van der Waals surface area contributed by atoms with Crippen LogP contribution in [0.5, 0.6) is 0 Å². The predicted molar refractivity (Wildman–Crippen MR) is 66.2 cm³/mol. The molecule has 2 N–H and O–H groups in total. The number of nitrogens with two attached hydrogens (primary N) is 1. The minimum Gasteiger partial charge on any atom is -0.397 e. The van der Waals surface area contributed by atoms with E-state index in [0.29, 0.717) is 0 Å². The molecular weight excluding hydrogens is 184 g/mol. The quantitative estimate of drug-likeness (QED) is 0.767. The fourth-order valence-corrected chi connectivity index (χ4v) is 2.29. The molecule has 0 aromatic heterocycles. The van der Waals surface area contributed by atoms with Crippen LogP contribution in [-0.2, 0) is 6.42 Å². The van der Waals surface area contributed by atoms with Gasteiger partial charge in [-0.1, -0.05) is 19.1 Å². The van der Waals surface area contributed by atoms with Gasteiger partial charge in [0.2, 0.25) is 0 Å². The Bertz CT molecular complexity index is 358. The number of para-hydroxylation sites is 1. The second-order valence-electron chi connectivity index (χ2n) is 4.93. The van der Waals surface area contributed by atoms with E-state index in [1.807, 2.05) is 6.07 Å². The van der Waals surface area contributed by atoms with Gasteiger partial charge >= 0.3 is 0 Å². The number of benzene rings is 1. The Balaban J connectivity index is 2.25. The lowest BCUT2D eigenvalue weighted by Gasteiger charge is -2.19. The van der Waals surface area contributed by atoms with Gasteiger partial charge in [-0.05, 0) is 36.3 Å². The Kier molecular flexibility index (Phi) is 2.59. The first-order chi connectivity index (χ1) is 7.09. The number of rotatable bonds is 3. The standard InChI is InChI=1S/C13H20N2/c1-9-7-11(9)8-10-5-4-6-12(14)13(10)15(2)3/h4-6,9,11H,7-8,14H2,1-3H3/t9?,11-/m1/s1. The van der Waals surface area contributed by atoms with E-state index in [1.165, 1.54) is 24.1 Å². The van der Waals surface area contributed by atoms with Crippen LogP contribution in [0.1, 0.15) is 18.9 Å². The molecular formula is C13H20N2. The molecule has 1 saturated carbocycles. The summed E-state index contributed by atoms with van der Waals surface area (Å²) < 4.78 is 0. The second kappa shape index (κ2) is 3.76. The first kappa shape index (κ1) is 10.3. The second-order valence-corrected chi connectivity index (χ2v) is 4.93. The summed E-state index contributed by atoms with van der Waals surface area (Å²) in [6, 6.07) is 6.25. The van der Waals surface area contributed by atoms with Crippen LogP contribution in [0.15, 0.2) is 18.2 Å². The molecule has 2 atom stereocenters. The van der Waals surface area contributed by atoms with Gasteiger partial charge < -0.3 is 10.6 Å². The van der Waals surface area contributed by atoms with Crippen molar-refractivity contribution in [3.63, 3.8) is 0 Å². The van der Waals surface area contributed by atoms with E-state index < -0.39 is 0 Å². The van der Waals surface area contributed by atoms with Crippen LogP contribution in [0, 0.1) is 11.8 Å². The van der Waals surface area contributed by atoms with Crippen LogP contribution in [0.3, 0.4) is 0 Å². The van der Waals surface area contributed by atoms with E-state index in [2.05, 4.69) is 38.1 Å². The van der Waals surface area contributed by atoms with Gasteiger partial charge in [-0.3, -0.25) is 0 Å². The molecule has 1 aliphatic carbocycles. The lowest BCUT2D eigenvalue weighted by atomic mass is 10.0. The Morgan fingerprint density at radius 1 is 1.40 bits per heavy atom. The van der Waals surface area contributed by atoms with Crippen LogP contribution in [0.2, 0.25) is 0 Å². The van der Waals surface area contributed by atoms with E-state index in [9.17, 15) is 0 Å². The van der Waals surface area contributed by atoms with Gasteiger partial charge in [-0.2, -0.15) is 0 Å². The zero-order chi connectivity index (χ0) is 11.0. The third-order valence-corrected chi connectivity index (χ3v) is 3.36. The Morgan fingerprint density at radius 2 is 2.07 bits per heavy atom. The van der Waals surface area contributed by atoms with Crippen LogP contribution < -0.4 is 10.6 Å². The SMILES string of the molecule is CC1C[C@@H]1Cc1cccc(N)c1N(C)C. The molecule has 1 fully saturated rings. The van der Waals surface area contributed by atoms with Crippen molar-refractivity contribution in [2.75, 3.05) is 24.7 Å². The normalized spacial score (nSPS) is 23.9. The molecule has 0 aliphatic heterocycles. The van der Waals surface area contributed by atoms with Gasteiger partial charge in [0.05, 0.1) is 11.4 Å². The van der Waals surface area contributed by atoms with E-state index in [1.54, 1.807) is 0 Å². The van der Waals surface area contributed by atoms with Crippen molar-refractivity contribution in [3.8, 4) is 0 Å². The average Bonchev–Trinajstić information content (AvgIpc) is 2.81. The third kappa shape index (κ3) is 2.09.